The maximum atomic E-state index is 11.7. The van der Waals surface area contributed by atoms with Gasteiger partial charge in [-0.15, -0.1) is 0 Å². The van der Waals surface area contributed by atoms with Crippen molar-refractivity contribution in [2.24, 2.45) is 0 Å². The normalized spacial score (nSPS) is 51.0. The van der Waals surface area contributed by atoms with Crippen LogP contribution in [0.1, 0.15) is 6.92 Å². The van der Waals surface area contributed by atoms with Crippen molar-refractivity contribution in [1.82, 2.24) is 5.32 Å². The Hall–Kier alpha value is -1.13. The Morgan fingerprint density at radius 3 is 1.86 bits per heavy atom. The average molecular weight is 545 g/mol. The molecule has 3 rings (SSSR count). The molecule has 2 unspecified atom stereocenters. The fraction of sp³-hybridized carbons (Fsp3) is 0.950. The molecule has 17 nitrogen and oxygen atoms in total. The number of aliphatic hydroxyl groups excluding tert-OH is 10. The fourth-order valence-electron chi connectivity index (χ4n) is 4.77. The third-order valence-corrected chi connectivity index (χ3v) is 6.81. The highest BCUT2D eigenvalue weighted by molar-refractivity contribution is 5.73. The van der Waals surface area contributed by atoms with Gasteiger partial charge in [-0.3, -0.25) is 4.79 Å². The molecule has 1 amide bonds. The lowest BCUT2D eigenvalue weighted by Gasteiger charge is -2.54. The number of nitrogens with one attached hydrogen (secondary N) is 1. The van der Waals surface area contributed by atoms with Crippen LogP contribution in [-0.2, 0) is 23.7 Å². The SMILES string of the molecule is CC(=O)N[C@H]1C(C2(O)O[C@H](CO)[C@@H](O[C@@H]3O[C@H](CO)[C@H](O)[C@H](O)[C@H]3O)[C@H](O)[C@H]2O)O[C@H](CO)[C@@H](O)[C@@H]1O. The number of aliphatic hydroxyl groups is 11. The second-order valence-electron chi connectivity index (χ2n) is 9.31. The standard InChI is InChI=1S/C20H35NO16/c1-5(25)21-9-12(28)10(26)6(2-22)34-18(9)20(33)17(32)15(31)16(8(4-24)37-20)36-19-14(30)13(29)11(27)7(3-23)35-19/h6-19,22-24,26-33H,2-4H2,1H3,(H,21,25)/t6-,7-,8-,9-,10-,11+,12-,13+,14-,15+,16-,17-,18?,19+,20?/m1/s1. The van der Waals surface area contributed by atoms with Crippen LogP contribution in [0.15, 0.2) is 0 Å². The van der Waals surface area contributed by atoms with Gasteiger partial charge in [0, 0.05) is 6.92 Å². The number of hydrogen-bond donors (Lipinski definition) is 12. The van der Waals surface area contributed by atoms with Crippen molar-refractivity contribution in [3.63, 3.8) is 0 Å². The first-order valence-electron chi connectivity index (χ1n) is 11.5. The third kappa shape index (κ3) is 5.62. The molecule has 0 spiro atoms. The van der Waals surface area contributed by atoms with E-state index < -0.39 is 117 Å². The van der Waals surface area contributed by atoms with Gasteiger partial charge in [0.05, 0.1) is 25.9 Å². The smallest absolute Gasteiger partial charge is 0.224 e. The Morgan fingerprint density at radius 1 is 0.784 bits per heavy atom. The Kier molecular flexibility index (Phi) is 9.82. The van der Waals surface area contributed by atoms with Crippen molar-refractivity contribution in [2.75, 3.05) is 19.8 Å². The largest absolute Gasteiger partial charge is 0.394 e. The van der Waals surface area contributed by atoms with E-state index in [4.69, 9.17) is 18.9 Å². The quantitative estimate of drug-likeness (QED) is 0.141. The number of carbonyl (C=O) groups excluding carboxylic acids is 1. The number of rotatable bonds is 7. The summed E-state index contributed by atoms with van der Waals surface area (Å²) in [6.45, 7) is -1.58. The van der Waals surface area contributed by atoms with E-state index >= 15 is 0 Å². The molecule has 0 saturated carbocycles. The Balaban J connectivity index is 1.89. The van der Waals surface area contributed by atoms with E-state index in [0.717, 1.165) is 6.92 Å². The van der Waals surface area contributed by atoms with Crippen LogP contribution in [-0.4, -0.2) is 173 Å². The van der Waals surface area contributed by atoms with Gasteiger partial charge in [-0.25, -0.2) is 0 Å². The molecule has 0 aromatic carbocycles. The minimum absolute atomic E-state index is 0.746. The van der Waals surface area contributed by atoms with Crippen LogP contribution in [0.25, 0.3) is 0 Å². The minimum Gasteiger partial charge on any atom is -0.394 e. The highest BCUT2D eigenvalue weighted by Gasteiger charge is 2.63. The Bertz CT molecular complexity index is 773. The zero-order valence-electron chi connectivity index (χ0n) is 19.7. The molecular formula is C20H35NO16. The molecule has 0 aliphatic carbocycles. The Morgan fingerprint density at radius 2 is 1.32 bits per heavy atom. The van der Waals surface area contributed by atoms with Crippen molar-refractivity contribution in [1.29, 1.82) is 0 Å². The maximum absolute atomic E-state index is 11.7. The zero-order valence-corrected chi connectivity index (χ0v) is 19.7. The van der Waals surface area contributed by atoms with Crippen LogP contribution in [0.5, 0.6) is 0 Å². The molecule has 3 aliphatic rings. The van der Waals surface area contributed by atoms with Crippen LogP contribution in [0.2, 0.25) is 0 Å². The molecule has 3 saturated heterocycles. The van der Waals surface area contributed by atoms with E-state index in [-0.39, 0.29) is 0 Å². The summed E-state index contributed by atoms with van der Waals surface area (Å²) >= 11 is 0. The summed E-state index contributed by atoms with van der Waals surface area (Å²) in [6.07, 6.45) is -23.6. The minimum atomic E-state index is -2.98. The zero-order chi connectivity index (χ0) is 27.8. The van der Waals surface area contributed by atoms with E-state index in [0.29, 0.717) is 0 Å². The lowest BCUT2D eigenvalue weighted by molar-refractivity contribution is -0.413. The third-order valence-electron chi connectivity index (χ3n) is 6.81. The van der Waals surface area contributed by atoms with Crippen LogP contribution in [0, 0.1) is 0 Å². The van der Waals surface area contributed by atoms with Gasteiger partial charge in [0.25, 0.3) is 0 Å². The van der Waals surface area contributed by atoms with Gasteiger partial charge >= 0.3 is 0 Å². The monoisotopic (exact) mass is 545 g/mol. The summed E-state index contributed by atoms with van der Waals surface area (Å²) in [5.41, 5.74) is 0. The van der Waals surface area contributed by atoms with Gasteiger partial charge in [-0.2, -0.15) is 0 Å². The van der Waals surface area contributed by atoms with Crippen molar-refractivity contribution in [3.8, 4) is 0 Å². The highest BCUT2D eigenvalue weighted by Crippen LogP contribution is 2.39. The van der Waals surface area contributed by atoms with Crippen LogP contribution < -0.4 is 5.32 Å². The van der Waals surface area contributed by atoms with Gasteiger partial charge in [0.15, 0.2) is 6.29 Å². The van der Waals surface area contributed by atoms with E-state index in [9.17, 15) is 61.0 Å². The van der Waals surface area contributed by atoms with Crippen molar-refractivity contribution >= 4 is 5.91 Å². The van der Waals surface area contributed by atoms with Gasteiger partial charge in [-0.05, 0) is 0 Å². The summed E-state index contributed by atoms with van der Waals surface area (Å²) in [5, 5.41) is 115. The molecule has 37 heavy (non-hydrogen) atoms. The molecule has 0 aromatic rings. The summed E-state index contributed by atoms with van der Waals surface area (Å²) in [6, 6.07) is -1.63. The van der Waals surface area contributed by atoms with E-state index in [1.165, 1.54) is 0 Å². The van der Waals surface area contributed by atoms with Gasteiger partial charge in [-0.1, -0.05) is 0 Å². The number of hydrogen-bond acceptors (Lipinski definition) is 16. The summed E-state index contributed by atoms with van der Waals surface area (Å²) < 4.78 is 21.5. The molecule has 0 bridgehead atoms. The lowest BCUT2D eigenvalue weighted by Crippen LogP contribution is -2.77. The second-order valence-corrected chi connectivity index (χ2v) is 9.31. The van der Waals surface area contributed by atoms with Crippen molar-refractivity contribution in [2.45, 2.75) is 98.3 Å². The number of carbonyl (C=O) groups is 1. The first kappa shape index (κ1) is 30.4. The molecule has 0 aromatic heterocycles. The van der Waals surface area contributed by atoms with Crippen LogP contribution in [0.4, 0.5) is 0 Å². The summed E-state index contributed by atoms with van der Waals surface area (Å²) in [5.74, 6) is -3.73. The fourth-order valence-corrected chi connectivity index (χ4v) is 4.77. The molecule has 216 valence electrons. The predicted octanol–water partition coefficient (Wildman–Crippen LogP) is -8.04. The highest BCUT2D eigenvalue weighted by atomic mass is 16.7. The molecule has 12 N–H and O–H groups in total. The molecule has 3 fully saturated rings. The predicted molar refractivity (Wildman–Crippen MR) is 113 cm³/mol. The number of amides is 1. The molecule has 17 heteroatoms. The van der Waals surface area contributed by atoms with Gasteiger partial charge in [0.1, 0.15) is 73.2 Å². The summed E-state index contributed by atoms with van der Waals surface area (Å²) in [4.78, 5) is 11.7. The van der Waals surface area contributed by atoms with E-state index in [1.807, 2.05) is 0 Å². The van der Waals surface area contributed by atoms with Crippen molar-refractivity contribution < 1.29 is 79.9 Å². The Labute approximate surface area is 210 Å². The average Bonchev–Trinajstić information content (AvgIpc) is 2.86. The van der Waals surface area contributed by atoms with Crippen LogP contribution >= 0.6 is 0 Å². The molecular weight excluding hydrogens is 510 g/mol. The molecule has 15 atom stereocenters. The first-order valence-corrected chi connectivity index (χ1v) is 11.5. The molecule has 0 radical (unpaired) electrons. The molecule has 3 heterocycles. The number of ether oxygens (including phenoxy) is 4. The van der Waals surface area contributed by atoms with Crippen LogP contribution in [0.3, 0.4) is 0 Å². The van der Waals surface area contributed by atoms with E-state index in [1.54, 1.807) is 0 Å². The maximum Gasteiger partial charge on any atom is 0.224 e. The topological polar surface area (TPSA) is 289 Å². The van der Waals surface area contributed by atoms with Gasteiger partial charge < -0.3 is 80.4 Å². The molecule has 3 aliphatic heterocycles. The van der Waals surface area contributed by atoms with Gasteiger partial charge in [0.2, 0.25) is 11.7 Å². The van der Waals surface area contributed by atoms with Crippen molar-refractivity contribution in [3.05, 3.63) is 0 Å². The lowest BCUT2D eigenvalue weighted by atomic mass is 9.81. The summed E-state index contributed by atoms with van der Waals surface area (Å²) in [7, 11) is 0. The second kappa shape index (κ2) is 11.9. The van der Waals surface area contributed by atoms with E-state index in [2.05, 4.69) is 5.32 Å². The first-order chi connectivity index (χ1) is 17.3.